The normalized spacial score (nSPS) is 15.2. The molecule has 4 rings (SSSR count). The maximum atomic E-state index is 5.88. The molecule has 0 aliphatic heterocycles. The molecule has 26 heavy (non-hydrogen) atoms. The molecule has 1 aromatic carbocycles. The first-order chi connectivity index (χ1) is 12.7. The zero-order chi connectivity index (χ0) is 18.1. The Hall–Kier alpha value is -2.35. The van der Waals surface area contributed by atoms with Gasteiger partial charge < -0.3 is 13.7 Å². The van der Waals surface area contributed by atoms with Crippen LogP contribution < -0.4 is 4.74 Å². The van der Waals surface area contributed by atoms with E-state index in [9.17, 15) is 0 Å². The number of aromatic nitrogens is 5. The van der Waals surface area contributed by atoms with Crippen LogP contribution in [0.3, 0.4) is 0 Å². The van der Waals surface area contributed by atoms with Crippen molar-refractivity contribution in [1.82, 2.24) is 25.0 Å². The van der Waals surface area contributed by atoms with Gasteiger partial charge in [-0.05, 0) is 51.0 Å². The first-order valence-electron chi connectivity index (χ1n) is 8.77. The quantitative estimate of drug-likeness (QED) is 0.579. The molecule has 1 aliphatic carbocycles. The van der Waals surface area contributed by atoms with Crippen molar-refractivity contribution >= 4 is 11.8 Å². The molecule has 8 heteroatoms. The maximum absolute atomic E-state index is 5.88. The average Bonchev–Trinajstić information content (AvgIpc) is 3.25. The van der Waals surface area contributed by atoms with Crippen molar-refractivity contribution in [3.8, 4) is 17.2 Å². The van der Waals surface area contributed by atoms with Gasteiger partial charge in [-0.2, -0.15) is 0 Å². The lowest BCUT2D eigenvalue weighted by molar-refractivity contribution is 0.415. The second kappa shape index (κ2) is 7.11. The van der Waals surface area contributed by atoms with Gasteiger partial charge in [-0.25, -0.2) is 0 Å². The number of hydrogen-bond donors (Lipinski definition) is 0. The van der Waals surface area contributed by atoms with Crippen LogP contribution in [0.25, 0.3) is 11.5 Å². The predicted octanol–water partition coefficient (Wildman–Crippen LogP) is 4.09. The van der Waals surface area contributed by atoms with Crippen LogP contribution in [0.1, 0.15) is 49.6 Å². The zero-order valence-corrected chi connectivity index (χ0v) is 15.9. The first-order valence-corrected chi connectivity index (χ1v) is 9.65. The fourth-order valence-corrected chi connectivity index (χ4v) is 3.74. The van der Waals surface area contributed by atoms with Gasteiger partial charge in [0.2, 0.25) is 11.8 Å². The van der Waals surface area contributed by atoms with Gasteiger partial charge in [-0.1, -0.05) is 11.8 Å². The first kappa shape index (κ1) is 17.1. The Morgan fingerprint density at radius 1 is 1.19 bits per heavy atom. The van der Waals surface area contributed by atoms with Crippen LogP contribution in [-0.2, 0) is 6.54 Å². The third kappa shape index (κ3) is 3.33. The van der Waals surface area contributed by atoms with Gasteiger partial charge in [-0.3, -0.25) is 0 Å². The van der Waals surface area contributed by atoms with Crippen molar-refractivity contribution in [3.63, 3.8) is 0 Å². The van der Waals surface area contributed by atoms with E-state index in [0.717, 1.165) is 28.8 Å². The summed E-state index contributed by atoms with van der Waals surface area (Å²) in [4.78, 5) is 0. The lowest BCUT2D eigenvalue weighted by Gasteiger charge is -2.09. The van der Waals surface area contributed by atoms with Crippen LogP contribution in [0.2, 0.25) is 0 Å². The molecule has 1 atom stereocenters. The van der Waals surface area contributed by atoms with E-state index in [0.29, 0.717) is 17.7 Å². The summed E-state index contributed by atoms with van der Waals surface area (Å²) < 4.78 is 13.2. The minimum absolute atomic E-state index is 0.00366. The lowest BCUT2D eigenvalue weighted by Crippen LogP contribution is -2.02. The summed E-state index contributed by atoms with van der Waals surface area (Å²) in [6.45, 7) is 5.04. The highest BCUT2D eigenvalue weighted by Gasteiger charge is 2.30. The molecule has 0 N–H and O–H groups in total. The topological polar surface area (TPSA) is 78.9 Å². The van der Waals surface area contributed by atoms with E-state index in [4.69, 9.17) is 9.15 Å². The van der Waals surface area contributed by atoms with Crippen LogP contribution in [0.4, 0.5) is 0 Å². The number of thioether (sulfide) groups is 1. The molecule has 7 nitrogen and oxygen atoms in total. The Balaban J connectivity index is 1.50. The standard InChI is InChI=1S/C18H21N5O2S/c1-4-23-15(12-5-6-12)19-22-18(23)26-11(2)16-20-21-17(25-16)13-7-9-14(24-3)10-8-13/h7-12H,4-6H2,1-3H3/t11-/m0/s1. The molecule has 136 valence electrons. The van der Waals surface area contributed by atoms with Crippen LogP contribution >= 0.6 is 11.8 Å². The number of methoxy groups -OCH3 is 1. The minimum atomic E-state index is -0.00366. The molecular formula is C18H21N5O2S. The molecule has 1 saturated carbocycles. The Bertz CT molecular complexity index is 885. The van der Waals surface area contributed by atoms with E-state index in [1.54, 1.807) is 18.9 Å². The second-order valence-electron chi connectivity index (χ2n) is 6.29. The summed E-state index contributed by atoms with van der Waals surface area (Å²) in [6, 6.07) is 7.56. The Kier molecular flexibility index (Phi) is 4.67. The minimum Gasteiger partial charge on any atom is -0.497 e. The zero-order valence-electron chi connectivity index (χ0n) is 15.0. The molecule has 3 aromatic rings. The van der Waals surface area contributed by atoms with E-state index in [1.165, 1.54) is 12.8 Å². The third-order valence-electron chi connectivity index (χ3n) is 4.41. The summed E-state index contributed by atoms with van der Waals surface area (Å²) in [5, 5.41) is 18.0. The monoisotopic (exact) mass is 371 g/mol. The SMILES string of the molecule is CCn1c(S[C@@H](C)c2nnc(-c3ccc(OC)cc3)o2)nnc1C1CC1. The molecule has 0 spiro atoms. The molecular weight excluding hydrogens is 350 g/mol. The molecule has 1 aliphatic rings. The van der Waals surface area contributed by atoms with E-state index < -0.39 is 0 Å². The Labute approximate surface area is 156 Å². The van der Waals surface area contributed by atoms with Crippen LogP contribution in [0.5, 0.6) is 5.75 Å². The lowest BCUT2D eigenvalue weighted by atomic mass is 10.2. The molecule has 2 aromatic heterocycles. The fraction of sp³-hybridized carbons (Fsp3) is 0.444. The number of nitrogens with zero attached hydrogens (tertiary/aromatic N) is 5. The summed E-state index contributed by atoms with van der Waals surface area (Å²) in [7, 11) is 1.64. The average molecular weight is 371 g/mol. The van der Waals surface area contributed by atoms with Gasteiger partial charge in [0.25, 0.3) is 0 Å². The summed E-state index contributed by atoms with van der Waals surface area (Å²) in [5.74, 6) is 3.57. The van der Waals surface area contributed by atoms with Gasteiger partial charge in [0.1, 0.15) is 11.6 Å². The number of hydrogen-bond acceptors (Lipinski definition) is 7. The van der Waals surface area contributed by atoms with Crippen LogP contribution in [0, 0.1) is 0 Å². The van der Waals surface area contributed by atoms with E-state index in [2.05, 4.69) is 31.9 Å². The molecule has 0 bridgehead atoms. The highest BCUT2D eigenvalue weighted by Crippen LogP contribution is 2.41. The van der Waals surface area contributed by atoms with Crippen molar-refractivity contribution < 1.29 is 9.15 Å². The highest BCUT2D eigenvalue weighted by molar-refractivity contribution is 7.99. The Morgan fingerprint density at radius 3 is 2.62 bits per heavy atom. The highest BCUT2D eigenvalue weighted by atomic mass is 32.2. The summed E-state index contributed by atoms with van der Waals surface area (Å²) >= 11 is 1.60. The van der Waals surface area contributed by atoms with Crippen molar-refractivity contribution in [2.75, 3.05) is 7.11 Å². The maximum Gasteiger partial charge on any atom is 0.247 e. The van der Waals surface area contributed by atoms with Crippen molar-refractivity contribution in [1.29, 1.82) is 0 Å². The fourth-order valence-electron chi connectivity index (χ4n) is 2.79. The van der Waals surface area contributed by atoms with Gasteiger partial charge in [-0.15, -0.1) is 20.4 Å². The second-order valence-corrected chi connectivity index (χ2v) is 7.60. The van der Waals surface area contributed by atoms with Crippen LogP contribution in [-0.4, -0.2) is 32.1 Å². The van der Waals surface area contributed by atoms with Gasteiger partial charge in [0.15, 0.2) is 5.16 Å². The largest absolute Gasteiger partial charge is 0.497 e. The van der Waals surface area contributed by atoms with Gasteiger partial charge in [0, 0.05) is 18.0 Å². The van der Waals surface area contributed by atoms with Gasteiger partial charge >= 0.3 is 0 Å². The van der Waals surface area contributed by atoms with E-state index in [-0.39, 0.29) is 5.25 Å². The summed E-state index contributed by atoms with van der Waals surface area (Å²) in [5.41, 5.74) is 0.870. The third-order valence-corrected chi connectivity index (χ3v) is 5.48. The molecule has 0 radical (unpaired) electrons. The van der Waals surface area contributed by atoms with Crippen molar-refractivity contribution in [3.05, 3.63) is 36.0 Å². The Morgan fingerprint density at radius 2 is 1.96 bits per heavy atom. The van der Waals surface area contributed by atoms with E-state index in [1.807, 2.05) is 31.2 Å². The van der Waals surface area contributed by atoms with Crippen molar-refractivity contribution in [2.24, 2.45) is 0 Å². The molecule has 0 unspecified atom stereocenters. The van der Waals surface area contributed by atoms with E-state index >= 15 is 0 Å². The molecule has 0 saturated heterocycles. The smallest absolute Gasteiger partial charge is 0.247 e. The predicted molar refractivity (Wildman–Crippen MR) is 98.2 cm³/mol. The number of ether oxygens (including phenoxy) is 1. The molecule has 1 fully saturated rings. The summed E-state index contributed by atoms with van der Waals surface area (Å²) in [6.07, 6.45) is 2.43. The molecule has 2 heterocycles. The van der Waals surface area contributed by atoms with Crippen molar-refractivity contribution in [2.45, 2.75) is 49.6 Å². The van der Waals surface area contributed by atoms with Gasteiger partial charge in [0.05, 0.1) is 12.4 Å². The number of rotatable bonds is 7. The number of benzene rings is 1. The van der Waals surface area contributed by atoms with Crippen LogP contribution in [0.15, 0.2) is 33.8 Å². The molecule has 0 amide bonds.